The van der Waals surface area contributed by atoms with Crippen molar-refractivity contribution in [2.75, 3.05) is 0 Å². The van der Waals surface area contributed by atoms with Gasteiger partial charge in [-0.15, -0.1) is 0 Å². The zero-order valence-corrected chi connectivity index (χ0v) is 9.13. The van der Waals surface area contributed by atoms with Gasteiger partial charge in [-0.1, -0.05) is 52.4 Å². The van der Waals surface area contributed by atoms with E-state index in [1.165, 1.54) is 38.5 Å². The first-order chi connectivity index (χ1) is 6.20. The van der Waals surface area contributed by atoms with Crippen LogP contribution in [0.4, 0.5) is 0 Å². The Morgan fingerprint density at radius 3 is 2.38 bits per heavy atom. The van der Waals surface area contributed by atoms with Crippen molar-refractivity contribution >= 4 is 0 Å². The first-order valence-corrected chi connectivity index (χ1v) is 5.88. The average molecular weight is 184 g/mol. The van der Waals surface area contributed by atoms with Crippen LogP contribution in [0.1, 0.15) is 58.8 Å². The molecule has 0 aliphatic heterocycles. The van der Waals surface area contributed by atoms with Gasteiger partial charge in [0.25, 0.3) is 0 Å². The van der Waals surface area contributed by atoms with E-state index in [0.29, 0.717) is 5.92 Å². The van der Waals surface area contributed by atoms with Gasteiger partial charge in [0.05, 0.1) is 6.10 Å². The van der Waals surface area contributed by atoms with Crippen molar-refractivity contribution in [3.8, 4) is 0 Å². The minimum Gasteiger partial charge on any atom is -0.393 e. The summed E-state index contributed by atoms with van der Waals surface area (Å²) < 4.78 is 0. The van der Waals surface area contributed by atoms with Crippen LogP contribution in [-0.2, 0) is 0 Å². The summed E-state index contributed by atoms with van der Waals surface area (Å²) in [5.41, 5.74) is 0. The van der Waals surface area contributed by atoms with Crippen molar-refractivity contribution in [2.24, 2.45) is 11.8 Å². The summed E-state index contributed by atoms with van der Waals surface area (Å²) in [6.07, 6.45) is 9.29. The van der Waals surface area contributed by atoms with E-state index in [1.807, 2.05) is 0 Å². The summed E-state index contributed by atoms with van der Waals surface area (Å²) in [6.45, 7) is 4.19. The Balaban J connectivity index is 1.99. The van der Waals surface area contributed by atoms with Gasteiger partial charge in [0.15, 0.2) is 0 Å². The standard InChI is InChI=1S/C12H24O/c1-10(2)12(13)9-5-8-11-6-3-4-7-11/h10-13H,3-9H2,1-2H3. The lowest BCUT2D eigenvalue weighted by Gasteiger charge is -2.15. The molecule has 0 aromatic carbocycles. The SMILES string of the molecule is CC(C)C(O)CCCC1CCCC1. The first-order valence-electron chi connectivity index (χ1n) is 5.88. The Labute approximate surface area is 82.5 Å². The third-order valence-electron chi connectivity index (χ3n) is 3.36. The van der Waals surface area contributed by atoms with Gasteiger partial charge >= 0.3 is 0 Å². The van der Waals surface area contributed by atoms with Crippen LogP contribution in [0.3, 0.4) is 0 Å². The van der Waals surface area contributed by atoms with Crippen LogP contribution in [0.15, 0.2) is 0 Å². The lowest BCUT2D eigenvalue weighted by atomic mass is 9.96. The zero-order chi connectivity index (χ0) is 9.68. The predicted molar refractivity (Wildman–Crippen MR) is 56.7 cm³/mol. The number of hydrogen-bond donors (Lipinski definition) is 1. The van der Waals surface area contributed by atoms with Gasteiger partial charge in [0.2, 0.25) is 0 Å². The minimum absolute atomic E-state index is 0.0681. The molecule has 0 aromatic heterocycles. The van der Waals surface area contributed by atoms with E-state index < -0.39 is 0 Å². The molecule has 1 saturated carbocycles. The average Bonchev–Trinajstić information content (AvgIpc) is 2.56. The highest BCUT2D eigenvalue weighted by Crippen LogP contribution is 2.29. The van der Waals surface area contributed by atoms with Crippen molar-refractivity contribution in [1.82, 2.24) is 0 Å². The van der Waals surface area contributed by atoms with Crippen LogP contribution in [0.5, 0.6) is 0 Å². The monoisotopic (exact) mass is 184 g/mol. The molecular weight excluding hydrogens is 160 g/mol. The third kappa shape index (κ3) is 4.12. The van der Waals surface area contributed by atoms with E-state index in [0.717, 1.165) is 12.3 Å². The molecule has 1 atom stereocenters. The topological polar surface area (TPSA) is 20.2 Å². The van der Waals surface area contributed by atoms with E-state index >= 15 is 0 Å². The Kier molecular flexibility index (Phi) is 4.79. The Morgan fingerprint density at radius 2 is 1.85 bits per heavy atom. The molecule has 1 aliphatic rings. The third-order valence-corrected chi connectivity index (χ3v) is 3.36. The number of aliphatic hydroxyl groups excluding tert-OH is 1. The van der Waals surface area contributed by atoms with Gasteiger partial charge in [-0.25, -0.2) is 0 Å². The summed E-state index contributed by atoms with van der Waals surface area (Å²) in [4.78, 5) is 0. The maximum Gasteiger partial charge on any atom is 0.0563 e. The van der Waals surface area contributed by atoms with Crippen molar-refractivity contribution in [3.63, 3.8) is 0 Å². The van der Waals surface area contributed by atoms with Crippen molar-refractivity contribution in [1.29, 1.82) is 0 Å². The highest BCUT2D eigenvalue weighted by Gasteiger charge is 2.15. The Morgan fingerprint density at radius 1 is 1.23 bits per heavy atom. The molecule has 1 fully saturated rings. The van der Waals surface area contributed by atoms with E-state index in [1.54, 1.807) is 0 Å². The summed E-state index contributed by atoms with van der Waals surface area (Å²) in [6, 6.07) is 0. The van der Waals surface area contributed by atoms with Crippen LogP contribution >= 0.6 is 0 Å². The molecule has 0 heterocycles. The van der Waals surface area contributed by atoms with Gasteiger partial charge < -0.3 is 5.11 Å². The molecule has 0 saturated heterocycles. The summed E-state index contributed by atoms with van der Waals surface area (Å²) in [5.74, 6) is 1.42. The molecule has 1 aliphatic carbocycles. The Bertz CT molecular complexity index is 123. The van der Waals surface area contributed by atoms with Crippen molar-refractivity contribution in [2.45, 2.75) is 64.9 Å². The quantitative estimate of drug-likeness (QED) is 0.694. The molecular formula is C12H24O. The van der Waals surface area contributed by atoms with Gasteiger partial charge in [0, 0.05) is 0 Å². The van der Waals surface area contributed by atoms with Crippen molar-refractivity contribution < 1.29 is 5.11 Å². The second-order valence-corrected chi connectivity index (χ2v) is 4.89. The van der Waals surface area contributed by atoms with E-state index in [2.05, 4.69) is 13.8 Å². The smallest absolute Gasteiger partial charge is 0.0563 e. The van der Waals surface area contributed by atoms with E-state index in [-0.39, 0.29) is 6.10 Å². The highest BCUT2D eigenvalue weighted by atomic mass is 16.3. The minimum atomic E-state index is -0.0681. The van der Waals surface area contributed by atoms with Crippen LogP contribution < -0.4 is 0 Å². The molecule has 0 spiro atoms. The molecule has 0 amide bonds. The predicted octanol–water partition coefficient (Wildman–Crippen LogP) is 3.36. The molecule has 78 valence electrons. The summed E-state index contributed by atoms with van der Waals surface area (Å²) in [7, 11) is 0. The molecule has 0 bridgehead atoms. The van der Waals surface area contributed by atoms with Gasteiger partial charge in [-0.05, 0) is 18.3 Å². The molecule has 1 nitrogen and oxygen atoms in total. The second kappa shape index (κ2) is 5.64. The Hall–Kier alpha value is -0.0400. The van der Waals surface area contributed by atoms with Crippen LogP contribution in [0, 0.1) is 11.8 Å². The fourth-order valence-electron chi connectivity index (χ4n) is 2.25. The largest absolute Gasteiger partial charge is 0.393 e. The van der Waals surface area contributed by atoms with E-state index in [9.17, 15) is 5.11 Å². The molecule has 13 heavy (non-hydrogen) atoms. The van der Waals surface area contributed by atoms with Gasteiger partial charge in [0.1, 0.15) is 0 Å². The molecule has 1 rings (SSSR count). The van der Waals surface area contributed by atoms with E-state index in [4.69, 9.17) is 0 Å². The normalized spacial score (nSPS) is 21.2. The summed E-state index contributed by atoms with van der Waals surface area (Å²) in [5, 5.41) is 9.60. The van der Waals surface area contributed by atoms with Crippen LogP contribution in [-0.4, -0.2) is 11.2 Å². The van der Waals surface area contributed by atoms with Crippen LogP contribution in [0.25, 0.3) is 0 Å². The van der Waals surface area contributed by atoms with Crippen LogP contribution in [0.2, 0.25) is 0 Å². The zero-order valence-electron chi connectivity index (χ0n) is 9.13. The molecule has 0 aromatic rings. The molecule has 1 N–H and O–H groups in total. The fraction of sp³-hybridized carbons (Fsp3) is 1.00. The maximum atomic E-state index is 9.60. The molecule has 0 radical (unpaired) electrons. The number of hydrogen-bond acceptors (Lipinski definition) is 1. The molecule has 1 unspecified atom stereocenters. The highest BCUT2D eigenvalue weighted by molar-refractivity contribution is 4.68. The fourth-order valence-corrected chi connectivity index (χ4v) is 2.25. The number of aliphatic hydroxyl groups is 1. The lowest BCUT2D eigenvalue weighted by molar-refractivity contribution is 0.111. The molecule has 1 heteroatoms. The lowest BCUT2D eigenvalue weighted by Crippen LogP contribution is -2.14. The number of rotatable bonds is 5. The summed E-state index contributed by atoms with van der Waals surface area (Å²) >= 11 is 0. The maximum absolute atomic E-state index is 9.60. The van der Waals surface area contributed by atoms with Gasteiger partial charge in [-0.2, -0.15) is 0 Å². The first kappa shape index (κ1) is 11.0. The van der Waals surface area contributed by atoms with Crippen molar-refractivity contribution in [3.05, 3.63) is 0 Å². The second-order valence-electron chi connectivity index (χ2n) is 4.89. The van der Waals surface area contributed by atoms with Gasteiger partial charge in [-0.3, -0.25) is 0 Å².